The molecule has 14 heavy (non-hydrogen) atoms. The first kappa shape index (κ1) is 11.7. The minimum Gasteiger partial charge on any atom is -0.465 e. The summed E-state index contributed by atoms with van der Waals surface area (Å²) >= 11 is 0. The van der Waals surface area contributed by atoms with Gasteiger partial charge >= 0.3 is 5.97 Å². The minimum absolute atomic E-state index is 0.0425. The van der Waals surface area contributed by atoms with Crippen molar-refractivity contribution < 1.29 is 9.53 Å². The van der Waals surface area contributed by atoms with Crippen molar-refractivity contribution in [1.82, 2.24) is 4.57 Å². The van der Waals surface area contributed by atoms with Gasteiger partial charge in [0, 0.05) is 0 Å². The summed E-state index contributed by atoms with van der Waals surface area (Å²) in [7, 11) is -1.29. The molecule has 1 atom stereocenters. The Morgan fingerprint density at radius 1 is 1.57 bits per heavy atom. The largest absolute Gasteiger partial charge is 0.465 e. The first-order chi connectivity index (χ1) is 6.49. The lowest BCUT2D eigenvalue weighted by Crippen LogP contribution is -2.51. The van der Waals surface area contributed by atoms with Crippen LogP contribution in [0.3, 0.4) is 0 Å². The molecule has 1 aliphatic rings. The molecule has 3 nitrogen and oxygen atoms in total. The number of nitrogens with zero attached hydrogens (tertiary/aromatic N) is 1. The lowest BCUT2D eigenvalue weighted by atomic mass is 10.3. The normalized spacial score (nSPS) is 23.4. The van der Waals surface area contributed by atoms with E-state index >= 15 is 0 Å². The third kappa shape index (κ3) is 2.36. The van der Waals surface area contributed by atoms with Crippen molar-refractivity contribution in [2.24, 2.45) is 0 Å². The van der Waals surface area contributed by atoms with Crippen LogP contribution >= 0.6 is 0 Å². The third-order valence-corrected chi connectivity index (χ3v) is 6.80. The molecule has 1 heterocycles. The van der Waals surface area contributed by atoms with E-state index in [9.17, 15) is 4.79 Å². The second-order valence-corrected chi connectivity index (χ2v) is 9.24. The van der Waals surface area contributed by atoms with E-state index in [2.05, 4.69) is 17.7 Å². The van der Waals surface area contributed by atoms with Crippen LogP contribution in [0.5, 0.6) is 0 Å². The number of esters is 1. The second-order valence-electron chi connectivity index (χ2n) is 4.54. The van der Waals surface area contributed by atoms with Crippen LogP contribution in [-0.2, 0) is 9.53 Å². The molecule has 1 aliphatic heterocycles. The van der Waals surface area contributed by atoms with E-state index in [1.807, 2.05) is 13.8 Å². The van der Waals surface area contributed by atoms with Crippen molar-refractivity contribution >= 4 is 14.2 Å². The molecule has 0 aromatic rings. The summed E-state index contributed by atoms with van der Waals surface area (Å²) in [5.74, 6) is -0.0602. The predicted octanol–water partition coefficient (Wildman–Crippen LogP) is 1.85. The highest BCUT2D eigenvalue weighted by Gasteiger charge is 2.39. The molecule has 0 bridgehead atoms. The summed E-state index contributed by atoms with van der Waals surface area (Å²) in [6.07, 6.45) is 1.24. The van der Waals surface area contributed by atoms with E-state index in [1.165, 1.54) is 12.5 Å². The molecule has 0 radical (unpaired) electrons. The van der Waals surface area contributed by atoms with Gasteiger partial charge < -0.3 is 9.30 Å². The lowest BCUT2D eigenvalue weighted by Gasteiger charge is -2.33. The summed E-state index contributed by atoms with van der Waals surface area (Å²) in [5, 5.41) is 0. The zero-order valence-corrected chi connectivity index (χ0v) is 10.7. The molecule has 0 amide bonds. The van der Waals surface area contributed by atoms with Gasteiger partial charge in [0.15, 0.2) is 0 Å². The van der Waals surface area contributed by atoms with Crippen molar-refractivity contribution in [3.8, 4) is 0 Å². The van der Waals surface area contributed by atoms with Gasteiger partial charge in [-0.15, -0.1) is 0 Å². The Hall–Kier alpha value is -0.353. The number of carbonyl (C=O) groups is 1. The van der Waals surface area contributed by atoms with Crippen LogP contribution in [0.15, 0.2) is 0 Å². The zero-order valence-electron chi connectivity index (χ0n) is 9.67. The number of rotatable bonds is 3. The fourth-order valence-corrected chi connectivity index (χ4v) is 5.46. The van der Waals surface area contributed by atoms with Crippen LogP contribution in [0.4, 0.5) is 0 Å². The summed E-state index contributed by atoms with van der Waals surface area (Å²) < 4.78 is 7.43. The van der Waals surface area contributed by atoms with Crippen LogP contribution < -0.4 is 0 Å². The number of ether oxygens (including phenoxy) is 1. The van der Waals surface area contributed by atoms with Gasteiger partial charge in [0.25, 0.3) is 0 Å². The van der Waals surface area contributed by atoms with E-state index in [-0.39, 0.29) is 12.0 Å². The molecule has 0 saturated carbocycles. The van der Waals surface area contributed by atoms with Crippen LogP contribution in [0.2, 0.25) is 19.1 Å². The maximum absolute atomic E-state index is 11.6. The molecule has 0 aromatic carbocycles. The fourth-order valence-electron chi connectivity index (χ4n) is 2.24. The molecule has 0 aromatic heterocycles. The molecule has 1 saturated heterocycles. The highest BCUT2D eigenvalue weighted by atomic mass is 28.3. The summed E-state index contributed by atoms with van der Waals surface area (Å²) in [4.78, 5) is 11.6. The third-order valence-electron chi connectivity index (χ3n) is 3.06. The van der Waals surface area contributed by atoms with Crippen molar-refractivity contribution in [3.05, 3.63) is 0 Å². The molecule has 0 aliphatic carbocycles. The molecule has 4 heteroatoms. The average Bonchev–Trinajstić information content (AvgIpc) is 2.44. The van der Waals surface area contributed by atoms with Gasteiger partial charge in [0.2, 0.25) is 0 Å². The zero-order chi connectivity index (χ0) is 10.8. The molecular weight excluding hydrogens is 194 g/mol. The highest BCUT2D eigenvalue weighted by molar-refractivity contribution is 6.75. The molecule has 0 N–H and O–H groups in total. The van der Waals surface area contributed by atoms with Gasteiger partial charge in [0.05, 0.1) is 12.6 Å². The number of hydrogen-bond donors (Lipinski definition) is 0. The molecule has 1 fully saturated rings. The minimum atomic E-state index is -1.29. The fraction of sp³-hybridized carbons (Fsp3) is 0.900. The molecule has 0 spiro atoms. The van der Waals surface area contributed by atoms with Crippen LogP contribution in [0.1, 0.15) is 20.3 Å². The van der Waals surface area contributed by atoms with Gasteiger partial charge in [-0.05, 0) is 32.9 Å². The molecule has 82 valence electrons. The smallest absolute Gasteiger partial charge is 0.322 e. The quantitative estimate of drug-likeness (QED) is 0.531. The summed E-state index contributed by atoms with van der Waals surface area (Å²) in [5.41, 5.74) is 0. The Bertz CT molecular complexity index is 218. The predicted molar refractivity (Wildman–Crippen MR) is 59.7 cm³/mol. The Balaban J connectivity index is 2.60. The first-order valence-corrected chi connectivity index (χ1v) is 8.58. The van der Waals surface area contributed by atoms with Gasteiger partial charge in [-0.2, -0.15) is 0 Å². The van der Waals surface area contributed by atoms with Gasteiger partial charge in [-0.3, -0.25) is 4.79 Å². The second kappa shape index (κ2) is 4.44. The monoisotopic (exact) mass is 215 g/mol. The van der Waals surface area contributed by atoms with E-state index < -0.39 is 8.24 Å². The SMILES string of the molecule is CCOC(=O)C(C)N1CCC[Si]1(C)C. The first-order valence-electron chi connectivity index (χ1n) is 5.42. The average molecular weight is 215 g/mol. The van der Waals surface area contributed by atoms with E-state index in [0.717, 1.165) is 6.54 Å². The van der Waals surface area contributed by atoms with E-state index in [0.29, 0.717) is 6.61 Å². The molecule has 1 unspecified atom stereocenters. The molecule has 1 rings (SSSR count). The van der Waals surface area contributed by atoms with Gasteiger partial charge in [-0.25, -0.2) is 0 Å². The Labute approximate surface area is 87.5 Å². The van der Waals surface area contributed by atoms with Gasteiger partial charge in [-0.1, -0.05) is 13.1 Å². The van der Waals surface area contributed by atoms with Crippen molar-refractivity contribution in [3.63, 3.8) is 0 Å². The Kier molecular flexibility index (Phi) is 3.72. The van der Waals surface area contributed by atoms with E-state index in [4.69, 9.17) is 4.74 Å². The van der Waals surface area contributed by atoms with E-state index in [1.54, 1.807) is 0 Å². The van der Waals surface area contributed by atoms with Crippen molar-refractivity contribution in [2.45, 2.75) is 45.4 Å². The van der Waals surface area contributed by atoms with Crippen LogP contribution in [0.25, 0.3) is 0 Å². The maximum atomic E-state index is 11.6. The topological polar surface area (TPSA) is 29.5 Å². The van der Waals surface area contributed by atoms with Crippen molar-refractivity contribution in [2.75, 3.05) is 13.2 Å². The maximum Gasteiger partial charge on any atom is 0.322 e. The van der Waals surface area contributed by atoms with Crippen LogP contribution in [-0.4, -0.2) is 38.0 Å². The number of carbonyl (C=O) groups excluding carboxylic acids is 1. The lowest BCUT2D eigenvalue weighted by molar-refractivity contribution is -0.147. The molecular formula is C10H21NO2Si. The number of hydrogen-bond acceptors (Lipinski definition) is 3. The van der Waals surface area contributed by atoms with Crippen molar-refractivity contribution in [1.29, 1.82) is 0 Å². The standard InChI is InChI=1S/C10H21NO2Si/c1-5-13-10(12)9(2)11-7-6-8-14(11,3)4/h9H,5-8H2,1-4H3. The van der Waals surface area contributed by atoms with Gasteiger partial charge in [0.1, 0.15) is 8.24 Å². The Morgan fingerprint density at radius 3 is 2.64 bits per heavy atom. The van der Waals surface area contributed by atoms with Crippen LogP contribution in [0, 0.1) is 0 Å². The summed E-state index contributed by atoms with van der Waals surface area (Å²) in [6, 6.07) is 1.26. The Morgan fingerprint density at radius 2 is 2.21 bits per heavy atom. The summed E-state index contributed by atoms with van der Waals surface area (Å²) in [6.45, 7) is 10.0. The highest BCUT2D eigenvalue weighted by Crippen LogP contribution is 2.27.